The van der Waals surface area contributed by atoms with Crippen molar-refractivity contribution in [3.63, 3.8) is 0 Å². The highest BCUT2D eigenvalue weighted by molar-refractivity contribution is 5.76. The normalized spacial score (nSPS) is 15.1. The third kappa shape index (κ3) is 3.46. The minimum absolute atomic E-state index is 0.0918. The molecule has 92 valence electrons. The van der Waals surface area contributed by atoms with Crippen LogP contribution in [0, 0.1) is 0 Å². The van der Waals surface area contributed by atoms with Gasteiger partial charge in [-0.3, -0.25) is 4.79 Å². The molecular weight excluding hydrogens is 218 g/mol. The van der Waals surface area contributed by atoms with Gasteiger partial charge in [-0.05, 0) is 24.1 Å². The maximum absolute atomic E-state index is 11.6. The van der Waals surface area contributed by atoms with Crippen molar-refractivity contribution in [3.8, 4) is 5.75 Å². The number of aryl methyl sites for hydroxylation is 1. The Hall–Kier alpha value is -1.55. The zero-order valence-corrected chi connectivity index (χ0v) is 9.94. The Bertz CT molecular complexity index is 371. The molecule has 17 heavy (non-hydrogen) atoms. The van der Waals surface area contributed by atoms with Crippen LogP contribution in [0.3, 0.4) is 0 Å². The third-order valence-electron chi connectivity index (χ3n) is 2.80. The molecule has 1 aromatic carbocycles. The number of nitrogens with one attached hydrogen (secondary N) is 1. The van der Waals surface area contributed by atoms with Crippen molar-refractivity contribution in [1.82, 2.24) is 5.32 Å². The van der Waals surface area contributed by atoms with E-state index in [1.54, 1.807) is 7.11 Å². The van der Waals surface area contributed by atoms with Gasteiger partial charge in [0.25, 0.3) is 0 Å². The number of methoxy groups -OCH3 is 1. The van der Waals surface area contributed by atoms with E-state index in [1.165, 1.54) is 0 Å². The molecule has 2 rings (SSSR count). The van der Waals surface area contributed by atoms with Gasteiger partial charge in [0.15, 0.2) is 0 Å². The number of ether oxygens (including phenoxy) is 2. The van der Waals surface area contributed by atoms with Crippen molar-refractivity contribution in [2.24, 2.45) is 0 Å². The Labute approximate surface area is 101 Å². The van der Waals surface area contributed by atoms with Crippen molar-refractivity contribution in [1.29, 1.82) is 0 Å². The van der Waals surface area contributed by atoms with Crippen molar-refractivity contribution in [2.75, 3.05) is 20.3 Å². The second-order valence-electron chi connectivity index (χ2n) is 4.15. The van der Waals surface area contributed by atoms with Crippen molar-refractivity contribution in [3.05, 3.63) is 29.8 Å². The lowest BCUT2D eigenvalue weighted by Gasteiger charge is -2.26. The van der Waals surface area contributed by atoms with Crippen LogP contribution < -0.4 is 10.1 Å². The number of amides is 1. The fourth-order valence-electron chi connectivity index (χ4n) is 1.67. The molecule has 1 N–H and O–H groups in total. The quantitative estimate of drug-likeness (QED) is 0.832. The predicted molar refractivity (Wildman–Crippen MR) is 64.1 cm³/mol. The molecule has 0 aromatic heterocycles. The van der Waals surface area contributed by atoms with Crippen LogP contribution in [0.2, 0.25) is 0 Å². The largest absolute Gasteiger partial charge is 0.497 e. The van der Waals surface area contributed by atoms with E-state index in [0.717, 1.165) is 17.7 Å². The van der Waals surface area contributed by atoms with Crippen LogP contribution in [-0.2, 0) is 16.0 Å². The number of carbonyl (C=O) groups is 1. The Morgan fingerprint density at radius 1 is 1.41 bits per heavy atom. The molecule has 0 saturated carbocycles. The van der Waals surface area contributed by atoms with E-state index in [-0.39, 0.29) is 11.9 Å². The van der Waals surface area contributed by atoms with Gasteiger partial charge in [-0.25, -0.2) is 0 Å². The van der Waals surface area contributed by atoms with Crippen LogP contribution in [0.25, 0.3) is 0 Å². The average molecular weight is 235 g/mol. The van der Waals surface area contributed by atoms with E-state index >= 15 is 0 Å². The first-order valence-electron chi connectivity index (χ1n) is 5.78. The lowest BCUT2D eigenvalue weighted by molar-refractivity contribution is -0.125. The van der Waals surface area contributed by atoms with Crippen molar-refractivity contribution >= 4 is 5.91 Å². The number of benzene rings is 1. The van der Waals surface area contributed by atoms with Gasteiger partial charge in [-0.2, -0.15) is 0 Å². The van der Waals surface area contributed by atoms with Gasteiger partial charge < -0.3 is 14.8 Å². The van der Waals surface area contributed by atoms with Gasteiger partial charge in [-0.15, -0.1) is 0 Å². The minimum atomic E-state index is 0.0918. The Morgan fingerprint density at radius 2 is 2.12 bits per heavy atom. The number of hydrogen-bond acceptors (Lipinski definition) is 3. The Morgan fingerprint density at radius 3 is 2.65 bits per heavy atom. The topological polar surface area (TPSA) is 47.6 Å². The van der Waals surface area contributed by atoms with Gasteiger partial charge in [-0.1, -0.05) is 12.1 Å². The summed E-state index contributed by atoms with van der Waals surface area (Å²) in [4.78, 5) is 11.6. The Kier molecular flexibility index (Phi) is 3.98. The molecular formula is C13H17NO3. The molecule has 1 aromatic rings. The highest BCUT2D eigenvalue weighted by atomic mass is 16.5. The first kappa shape index (κ1) is 11.9. The summed E-state index contributed by atoms with van der Waals surface area (Å²) in [6.45, 7) is 1.29. The second-order valence-corrected chi connectivity index (χ2v) is 4.15. The first-order chi connectivity index (χ1) is 8.28. The molecule has 1 heterocycles. The van der Waals surface area contributed by atoms with Crippen LogP contribution in [0.15, 0.2) is 24.3 Å². The molecule has 4 heteroatoms. The Balaban J connectivity index is 1.74. The lowest BCUT2D eigenvalue weighted by Crippen LogP contribution is -2.48. The van der Waals surface area contributed by atoms with E-state index in [4.69, 9.17) is 9.47 Å². The second kappa shape index (κ2) is 5.68. The van der Waals surface area contributed by atoms with Crippen LogP contribution in [0.1, 0.15) is 12.0 Å². The van der Waals surface area contributed by atoms with Crippen LogP contribution in [-0.4, -0.2) is 32.3 Å². The van der Waals surface area contributed by atoms with Crippen molar-refractivity contribution < 1.29 is 14.3 Å². The summed E-state index contributed by atoms with van der Waals surface area (Å²) in [6, 6.07) is 8.01. The fourth-order valence-corrected chi connectivity index (χ4v) is 1.67. The molecule has 0 unspecified atom stereocenters. The highest BCUT2D eigenvalue weighted by Gasteiger charge is 2.19. The van der Waals surface area contributed by atoms with Crippen LogP contribution in [0.5, 0.6) is 5.75 Å². The lowest BCUT2D eigenvalue weighted by atomic mass is 10.1. The monoisotopic (exact) mass is 235 g/mol. The smallest absolute Gasteiger partial charge is 0.220 e. The van der Waals surface area contributed by atoms with Gasteiger partial charge in [0.1, 0.15) is 5.75 Å². The fraction of sp³-hybridized carbons (Fsp3) is 0.462. The SMILES string of the molecule is COc1ccc(CCC(=O)NC2COC2)cc1. The van der Waals surface area contributed by atoms with E-state index in [9.17, 15) is 4.79 Å². The molecule has 0 aliphatic carbocycles. The maximum Gasteiger partial charge on any atom is 0.220 e. The zero-order chi connectivity index (χ0) is 12.1. The van der Waals surface area contributed by atoms with Gasteiger partial charge >= 0.3 is 0 Å². The average Bonchev–Trinajstić information content (AvgIpc) is 2.32. The highest BCUT2D eigenvalue weighted by Crippen LogP contribution is 2.12. The number of rotatable bonds is 5. The summed E-state index contributed by atoms with van der Waals surface area (Å²) < 4.78 is 10.1. The third-order valence-corrected chi connectivity index (χ3v) is 2.80. The number of hydrogen-bond donors (Lipinski definition) is 1. The standard InChI is InChI=1S/C13H17NO3/c1-16-12-5-2-10(3-6-12)4-7-13(15)14-11-8-17-9-11/h2-3,5-6,11H,4,7-9H2,1H3,(H,14,15). The van der Waals surface area contributed by atoms with Crippen LogP contribution in [0.4, 0.5) is 0 Å². The van der Waals surface area contributed by atoms with E-state index in [1.807, 2.05) is 24.3 Å². The van der Waals surface area contributed by atoms with E-state index in [0.29, 0.717) is 19.6 Å². The molecule has 0 radical (unpaired) electrons. The summed E-state index contributed by atoms with van der Waals surface area (Å²) >= 11 is 0. The molecule has 1 aliphatic rings. The molecule has 1 aliphatic heterocycles. The molecule has 1 amide bonds. The molecule has 0 bridgehead atoms. The zero-order valence-electron chi connectivity index (χ0n) is 9.94. The predicted octanol–water partition coefficient (Wildman–Crippen LogP) is 1.14. The maximum atomic E-state index is 11.6. The molecule has 4 nitrogen and oxygen atoms in total. The molecule has 0 spiro atoms. The number of carbonyl (C=O) groups excluding carboxylic acids is 1. The minimum Gasteiger partial charge on any atom is -0.497 e. The van der Waals surface area contributed by atoms with Gasteiger partial charge in [0, 0.05) is 6.42 Å². The summed E-state index contributed by atoms with van der Waals surface area (Å²) in [7, 11) is 1.64. The molecule has 1 fully saturated rings. The summed E-state index contributed by atoms with van der Waals surface area (Å²) in [6.07, 6.45) is 1.27. The summed E-state index contributed by atoms with van der Waals surface area (Å²) in [5.41, 5.74) is 1.14. The summed E-state index contributed by atoms with van der Waals surface area (Å²) in [5, 5.41) is 2.92. The molecule has 0 atom stereocenters. The van der Waals surface area contributed by atoms with Crippen LogP contribution >= 0.6 is 0 Å². The molecule has 1 saturated heterocycles. The van der Waals surface area contributed by atoms with E-state index < -0.39 is 0 Å². The first-order valence-corrected chi connectivity index (χ1v) is 5.78. The van der Waals surface area contributed by atoms with Crippen molar-refractivity contribution in [2.45, 2.75) is 18.9 Å². The van der Waals surface area contributed by atoms with E-state index in [2.05, 4.69) is 5.32 Å². The van der Waals surface area contributed by atoms with Gasteiger partial charge in [0.2, 0.25) is 5.91 Å². The summed E-state index contributed by atoms with van der Waals surface area (Å²) in [5.74, 6) is 0.930. The van der Waals surface area contributed by atoms with Gasteiger partial charge in [0.05, 0.1) is 26.4 Å².